The number of aryl methyl sites for hydroxylation is 1. The van der Waals surface area contributed by atoms with Crippen LogP contribution in [-0.2, 0) is 11.2 Å². The number of benzene rings is 1. The number of hydrogen-bond donors (Lipinski definition) is 3. The Labute approximate surface area is 143 Å². The molecule has 1 unspecified atom stereocenters. The molecule has 0 aliphatic heterocycles. The molecule has 0 spiro atoms. The highest BCUT2D eigenvalue weighted by molar-refractivity contribution is 7.10. The fraction of sp³-hybridized carbons (Fsp3) is 0.222. The van der Waals surface area contributed by atoms with E-state index in [9.17, 15) is 14.7 Å². The minimum Gasteiger partial charge on any atom is -0.480 e. The summed E-state index contributed by atoms with van der Waals surface area (Å²) in [7, 11) is 0. The third-order valence-corrected chi connectivity index (χ3v) is 5.25. The molecule has 1 aromatic carbocycles. The lowest BCUT2D eigenvalue weighted by molar-refractivity contribution is -0.139. The van der Waals surface area contributed by atoms with Crippen molar-refractivity contribution in [3.63, 3.8) is 0 Å². The number of fused-ring (bicyclic) bond motifs is 1. The second-order valence-electron chi connectivity index (χ2n) is 5.76. The van der Waals surface area contributed by atoms with Gasteiger partial charge in [-0.1, -0.05) is 18.2 Å². The number of para-hydroxylation sites is 1. The lowest BCUT2D eigenvalue weighted by atomic mass is 10.0. The standard InChI is InChI=1S/C18H18N2O3S/c1-10-11(2)24-9-14(10)17(21)20-16(18(22)23)7-12-8-19-15-6-4-3-5-13(12)15/h3-6,8-9,16,19H,7H2,1-2H3,(H,20,21)(H,22,23). The number of nitrogens with one attached hydrogen (secondary N) is 2. The zero-order valence-electron chi connectivity index (χ0n) is 13.4. The van der Waals surface area contributed by atoms with Gasteiger partial charge in [0.05, 0.1) is 5.56 Å². The molecule has 0 fully saturated rings. The van der Waals surface area contributed by atoms with E-state index < -0.39 is 12.0 Å². The van der Waals surface area contributed by atoms with Crippen LogP contribution in [0.2, 0.25) is 0 Å². The van der Waals surface area contributed by atoms with Gasteiger partial charge in [0.15, 0.2) is 0 Å². The number of hydrogen-bond acceptors (Lipinski definition) is 3. The van der Waals surface area contributed by atoms with Crippen LogP contribution in [0.5, 0.6) is 0 Å². The Morgan fingerprint density at radius 2 is 2.04 bits per heavy atom. The summed E-state index contributed by atoms with van der Waals surface area (Å²) in [4.78, 5) is 28.2. The maximum atomic E-state index is 12.4. The molecule has 24 heavy (non-hydrogen) atoms. The molecule has 1 atom stereocenters. The molecule has 3 aromatic rings. The van der Waals surface area contributed by atoms with E-state index in [-0.39, 0.29) is 12.3 Å². The van der Waals surface area contributed by atoms with Crippen molar-refractivity contribution in [3.8, 4) is 0 Å². The lowest BCUT2D eigenvalue weighted by Gasteiger charge is -2.14. The highest BCUT2D eigenvalue weighted by atomic mass is 32.1. The van der Waals surface area contributed by atoms with Gasteiger partial charge >= 0.3 is 5.97 Å². The molecular weight excluding hydrogens is 324 g/mol. The van der Waals surface area contributed by atoms with Crippen molar-refractivity contribution in [2.45, 2.75) is 26.3 Å². The van der Waals surface area contributed by atoms with Crippen LogP contribution in [0.4, 0.5) is 0 Å². The predicted molar refractivity (Wildman–Crippen MR) is 94.7 cm³/mol. The molecule has 2 heterocycles. The number of aromatic amines is 1. The van der Waals surface area contributed by atoms with E-state index in [1.165, 1.54) is 11.3 Å². The van der Waals surface area contributed by atoms with E-state index in [1.54, 1.807) is 11.6 Å². The second kappa shape index (κ2) is 6.49. The monoisotopic (exact) mass is 342 g/mol. The van der Waals surface area contributed by atoms with Crippen LogP contribution in [0, 0.1) is 13.8 Å². The summed E-state index contributed by atoms with van der Waals surface area (Å²) < 4.78 is 0. The number of aromatic nitrogens is 1. The Hall–Kier alpha value is -2.60. The first-order valence-electron chi connectivity index (χ1n) is 7.60. The summed E-state index contributed by atoms with van der Waals surface area (Å²) in [6.45, 7) is 3.81. The van der Waals surface area contributed by atoms with Gasteiger partial charge in [-0.05, 0) is 31.0 Å². The van der Waals surface area contributed by atoms with E-state index in [0.717, 1.165) is 26.9 Å². The van der Waals surface area contributed by atoms with Crippen LogP contribution < -0.4 is 5.32 Å². The van der Waals surface area contributed by atoms with Gasteiger partial charge < -0.3 is 15.4 Å². The number of amides is 1. The quantitative estimate of drug-likeness (QED) is 0.665. The van der Waals surface area contributed by atoms with Gasteiger partial charge in [-0.25, -0.2) is 4.79 Å². The summed E-state index contributed by atoms with van der Waals surface area (Å²) in [6.07, 6.45) is 2.03. The Morgan fingerprint density at radius 1 is 1.29 bits per heavy atom. The van der Waals surface area contributed by atoms with Gasteiger partial charge in [-0.15, -0.1) is 11.3 Å². The first-order valence-corrected chi connectivity index (χ1v) is 8.48. The zero-order chi connectivity index (χ0) is 17.3. The summed E-state index contributed by atoms with van der Waals surface area (Å²) in [6, 6.07) is 6.72. The minimum atomic E-state index is -1.04. The molecule has 6 heteroatoms. The molecule has 0 aliphatic carbocycles. The number of H-pyrrole nitrogens is 1. The third-order valence-electron chi connectivity index (χ3n) is 4.23. The van der Waals surface area contributed by atoms with E-state index in [4.69, 9.17) is 0 Å². The summed E-state index contributed by atoms with van der Waals surface area (Å²) in [5, 5.41) is 14.9. The van der Waals surface area contributed by atoms with Crippen LogP contribution in [0.3, 0.4) is 0 Å². The number of carboxylic acid groups (broad SMARTS) is 1. The number of aliphatic carboxylic acids is 1. The molecule has 0 aliphatic rings. The maximum Gasteiger partial charge on any atom is 0.326 e. The van der Waals surface area contributed by atoms with E-state index >= 15 is 0 Å². The van der Waals surface area contributed by atoms with E-state index in [1.807, 2.05) is 38.1 Å². The van der Waals surface area contributed by atoms with Crippen molar-refractivity contribution in [2.24, 2.45) is 0 Å². The van der Waals surface area contributed by atoms with E-state index in [2.05, 4.69) is 10.3 Å². The van der Waals surface area contributed by atoms with Crippen LogP contribution in [-0.4, -0.2) is 28.0 Å². The van der Waals surface area contributed by atoms with Crippen molar-refractivity contribution >= 4 is 34.1 Å². The van der Waals surface area contributed by atoms with E-state index in [0.29, 0.717) is 5.56 Å². The smallest absolute Gasteiger partial charge is 0.326 e. The van der Waals surface area contributed by atoms with Crippen molar-refractivity contribution in [1.82, 2.24) is 10.3 Å². The van der Waals surface area contributed by atoms with Gasteiger partial charge in [-0.3, -0.25) is 4.79 Å². The Morgan fingerprint density at radius 3 is 2.71 bits per heavy atom. The first-order chi connectivity index (χ1) is 11.5. The number of thiophene rings is 1. The van der Waals surface area contributed by atoms with Gasteiger partial charge in [0, 0.05) is 33.8 Å². The lowest BCUT2D eigenvalue weighted by Crippen LogP contribution is -2.42. The topological polar surface area (TPSA) is 82.2 Å². The normalized spacial score (nSPS) is 12.2. The highest BCUT2D eigenvalue weighted by Gasteiger charge is 2.23. The van der Waals surface area contributed by atoms with Gasteiger partial charge in [-0.2, -0.15) is 0 Å². The number of carbonyl (C=O) groups excluding carboxylic acids is 1. The van der Waals surface area contributed by atoms with Crippen molar-refractivity contribution in [2.75, 3.05) is 0 Å². The van der Waals surface area contributed by atoms with Crippen molar-refractivity contribution in [3.05, 3.63) is 57.4 Å². The molecule has 0 bridgehead atoms. The number of rotatable bonds is 5. The van der Waals surface area contributed by atoms with Crippen LogP contribution >= 0.6 is 11.3 Å². The molecular formula is C18H18N2O3S. The Kier molecular flexibility index (Phi) is 4.40. The largest absolute Gasteiger partial charge is 0.480 e. The van der Waals surface area contributed by atoms with Crippen LogP contribution in [0.15, 0.2) is 35.8 Å². The molecule has 124 valence electrons. The van der Waals surface area contributed by atoms with Crippen molar-refractivity contribution < 1.29 is 14.7 Å². The number of carbonyl (C=O) groups is 2. The highest BCUT2D eigenvalue weighted by Crippen LogP contribution is 2.22. The first kappa shape index (κ1) is 16.3. The fourth-order valence-corrected chi connectivity index (χ4v) is 3.56. The SMILES string of the molecule is Cc1scc(C(=O)NC(Cc2c[nH]c3ccccc23)C(=O)O)c1C. The number of carboxylic acids is 1. The minimum absolute atomic E-state index is 0.229. The fourth-order valence-electron chi connectivity index (χ4n) is 2.69. The molecule has 0 radical (unpaired) electrons. The van der Waals surface area contributed by atoms with Gasteiger partial charge in [0.2, 0.25) is 0 Å². The maximum absolute atomic E-state index is 12.4. The van der Waals surface area contributed by atoms with Gasteiger partial charge in [0.1, 0.15) is 6.04 Å². The summed E-state index contributed by atoms with van der Waals surface area (Å²) in [5.41, 5.74) is 3.26. The Balaban J connectivity index is 1.81. The summed E-state index contributed by atoms with van der Waals surface area (Å²) in [5.74, 6) is -1.39. The molecule has 2 aromatic heterocycles. The average Bonchev–Trinajstić information content (AvgIpc) is 3.11. The summed E-state index contributed by atoms with van der Waals surface area (Å²) >= 11 is 1.49. The molecule has 3 rings (SSSR count). The van der Waals surface area contributed by atoms with Gasteiger partial charge in [0.25, 0.3) is 5.91 Å². The third kappa shape index (κ3) is 3.05. The molecule has 5 nitrogen and oxygen atoms in total. The molecule has 3 N–H and O–H groups in total. The predicted octanol–water partition coefficient (Wildman–Crippen LogP) is 3.27. The Bertz CT molecular complexity index is 910. The zero-order valence-corrected chi connectivity index (χ0v) is 14.2. The molecule has 0 saturated carbocycles. The van der Waals surface area contributed by atoms with Crippen LogP contribution in [0.25, 0.3) is 10.9 Å². The second-order valence-corrected chi connectivity index (χ2v) is 6.84. The average molecular weight is 342 g/mol. The molecule has 1 amide bonds. The van der Waals surface area contributed by atoms with Crippen LogP contribution in [0.1, 0.15) is 26.4 Å². The van der Waals surface area contributed by atoms with Crippen molar-refractivity contribution in [1.29, 1.82) is 0 Å². The molecule has 0 saturated heterocycles.